The fourth-order valence-electron chi connectivity index (χ4n) is 3.82. The molecule has 0 spiro atoms. The minimum Gasteiger partial charge on any atom is -0.342 e. The Morgan fingerprint density at radius 3 is 2.73 bits per heavy atom. The number of amides is 1. The average molecular weight is 431 g/mol. The monoisotopic (exact) mass is 430 g/mol. The van der Waals surface area contributed by atoms with Crippen LogP contribution in [-0.4, -0.2) is 41.7 Å². The molecule has 0 unspecified atom stereocenters. The third-order valence-electron chi connectivity index (χ3n) is 5.37. The number of hydrogen-bond donors (Lipinski definition) is 2. The minimum atomic E-state index is -3.72. The Bertz CT molecular complexity index is 1180. The Morgan fingerprint density at radius 1 is 1.23 bits per heavy atom. The first-order valence-corrected chi connectivity index (χ1v) is 11.3. The van der Waals surface area contributed by atoms with E-state index in [1.54, 1.807) is 0 Å². The van der Waals surface area contributed by atoms with Crippen molar-refractivity contribution in [3.05, 3.63) is 54.1 Å². The number of benzene rings is 2. The Morgan fingerprint density at radius 2 is 2.00 bits per heavy atom. The standard InChI is InChI=1S/C21H23FN4O3S/c1-14-23-19-6-5-17(13-20(19)24-14)25-21(27)11-15-7-9-26(10-8-15)30(28,29)18-4-2-3-16(22)12-18/h2-6,12-13,15H,7-11H2,1H3,(H,23,24)(H,25,27). The van der Waals surface area contributed by atoms with Gasteiger partial charge in [0, 0.05) is 25.2 Å². The molecule has 2 N–H and O–H groups in total. The predicted octanol–water partition coefficient (Wildman–Crippen LogP) is 3.44. The molecule has 2 heterocycles. The molecule has 1 fully saturated rings. The fraction of sp³-hybridized carbons (Fsp3) is 0.333. The number of fused-ring (bicyclic) bond motifs is 1. The second-order valence-electron chi connectivity index (χ2n) is 7.61. The van der Waals surface area contributed by atoms with Crippen LogP contribution in [0.1, 0.15) is 25.1 Å². The van der Waals surface area contributed by atoms with E-state index in [-0.39, 0.29) is 16.7 Å². The number of imidazole rings is 1. The number of sulfonamides is 1. The second-order valence-corrected chi connectivity index (χ2v) is 9.55. The van der Waals surface area contributed by atoms with Crippen LogP contribution < -0.4 is 5.32 Å². The van der Waals surface area contributed by atoms with E-state index < -0.39 is 15.8 Å². The molecule has 0 aliphatic carbocycles. The molecule has 9 heteroatoms. The van der Waals surface area contributed by atoms with Crippen LogP contribution in [-0.2, 0) is 14.8 Å². The van der Waals surface area contributed by atoms with Gasteiger partial charge < -0.3 is 10.3 Å². The van der Waals surface area contributed by atoms with Gasteiger partial charge in [0.2, 0.25) is 15.9 Å². The van der Waals surface area contributed by atoms with Gasteiger partial charge in [-0.05, 0) is 62.1 Å². The number of aromatic amines is 1. The number of aromatic nitrogens is 2. The summed E-state index contributed by atoms with van der Waals surface area (Å²) in [4.78, 5) is 19.9. The Hall–Kier alpha value is -2.78. The van der Waals surface area contributed by atoms with E-state index in [4.69, 9.17) is 0 Å². The topological polar surface area (TPSA) is 95.2 Å². The molecule has 30 heavy (non-hydrogen) atoms. The third kappa shape index (κ3) is 4.36. The van der Waals surface area contributed by atoms with Crippen molar-refractivity contribution in [1.29, 1.82) is 0 Å². The minimum absolute atomic E-state index is 0.0388. The first kappa shape index (κ1) is 20.5. The Balaban J connectivity index is 1.33. The summed E-state index contributed by atoms with van der Waals surface area (Å²) in [7, 11) is -3.72. The smallest absolute Gasteiger partial charge is 0.243 e. The van der Waals surface area contributed by atoms with Crippen LogP contribution >= 0.6 is 0 Å². The van der Waals surface area contributed by atoms with E-state index in [1.165, 1.54) is 22.5 Å². The van der Waals surface area contributed by atoms with Gasteiger partial charge in [-0.15, -0.1) is 0 Å². The molecule has 1 aliphatic rings. The van der Waals surface area contributed by atoms with Gasteiger partial charge >= 0.3 is 0 Å². The van der Waals surface area contributed by atoms with Crippen molar-refractivity contribution in [3.8, 4) is 0 Å². The van der Waals surface area contributed by atoms with Crippen LogP contribution in [0.4, 0.5) is 10.1 Å². The lowest BCUT2D eigenvalue weighted by Crippen LogP contribution is -2.39. The molecule has 1 saturated heterocycles. The van der Waals surface area contributed by atoms with Crippen molar-refractivity contribution in [3.63, 3.8) is 0 Å². The molecule has 7 nitrogen and oxygen atoms in total. The zero-order valence-electron chi connectivity index (χ0n) is 16.6. The van der Waals surface area contributed by atoms with E-state index in [1.807, 2.05) is 25.1 Å². The number of rotatable bonds is 5. The van der Waals surface area contributed by atoms with Crippen molar-refractivity contribution in [2.45, 2.75) is 31.1 Å². The molecular weight excluding hydrogens is 407 g/mol. The summed E-state index contributed by atoms with van der Waals surface area (Å²) in [6, 6.07) is 10.6. The number of nitrogens with one attached hydrogen (secondary N) is 2. The largest absolute Gasteiger partial charge is 0.342 e. The zero-order valence-corrected chi connectivity index (χ0v) is 17.4. The summed E-state index contributed by atoms with van der Waals surface area (Å²) in [5.74, 6) is 0.235. The van der Waals surface area contributed by atoms with Crippen LogP contribution in [0.2, 0.25) is 0 Å². The quantitative estimate of drug-likeness (QED) is 0.648. The van der Waals surface area contributed by atoms with E-state index in [9.17, 15) is 17.6 Å². The van der Waals surface area contributed by atoms with Gasteiger partial charge in [0.15, 0.2) is 0 Å². The molecule has 2 aromatic carbocycles. The molecule has 0 atom stereocenters. The summed E-state index contributed by atoms with van der Waals surface area (Å²) >= 11 is 0. The summed E-state index contributed by atoms with van der Waals surface area (Å²) in [6.45, 7) is 2.51. The Labute approximate surface area is 174 Å². The number of nitrogens with zero attached hydrogens (tertiary/aromatic N) is 2. The number of aryl methyl sites for hydroxylation is 1. The van der Waals surface area contributed by atoms with Gasteiger partial charge in [0.05, 0.1) is 15.9 Å². The molecule has 1 aromatic heterocycles. The predicted molar refractivity (Wildman–Crippen MR) is 112 cm³/mol. The van der Waals surface area contributed by atoms with Crippen LogP contribution in [0.25, 0.3) is 11.0 Å². The van der Waals surface area contributed by atoms with Gasteiger partial charge in [0.1, 0.15) is 11.6 Å². The highest BCUT2D eigenvalue weighted by atomic mass is 32.2. The number of anilines is 1. The molecule has 158 valence electrons. The highest BCUT2D eigenvalue weighted by Gasteiger charge is 2.30. The van der Waals surface area contributed by atoms with Gasteiger partial charge in [-0.1, -0.05) is 6.07 Å². The second kappa shape index (κ2) is 8.16. The van der Waals surface area contributed by atoms with Crippen molar-refractivity contribution in [2.24, 2.45) is 5.92 Å². The first-order valence-electron chi connectivity index (χ1n) is 9.83. The van der Waals surface area contributed by atoms with Gasteiger partial charge in [-0.25, -0.2) is 17.8 Å². The molecule has 4 rings (SSSR count). The Kier molecular flexibility index (Phi) is 5.57. The first-order chi connectivity index (χ1) is 14.3. The number of carbonyl (C=O) groups is 1. The summed E-state index contributed by atoms with van der Waals surface area (Å²) in [6.07, 6.45) is 1.50. The molecule has 0 bridgehead atoms. The van der Waals surface area contributed by atoms with Crippen LogP contribution in [0.5, 0.6) is 0 Å². The summed E-state index contributed by atoms with van der Waals surface area (Å²) in [5, 5.41) is 2.90. The fourth-order valence-corrected chi connectivity index (χ4v) is 5.32. The SMILES string of the molecule is Cc1nc2ccc(NC(=O)CC3CCN(S(=O)(=O)c4cccc(F)c4)CC3)cc2[nH]1. The maximum atomic E-state index is 13.4. The van der Waals surface area contributed by atoms with Crippen LogP contribution in [0, 0.1) is 18.7 Å². The highest BCUT2D eigenvalue weighted by molar-refractivity contribution is 7.89. The lowest BCUT2D eigenvalue weighted by molar-refractivity contribution is -0.117. The number of H-pyrrole nitrogens is 1. The molecular formula is C21H23FN4O3S. The third-order valence-corrected chi connectivity index (χ3v) is 7.26. The summed E-state index contributed by atoms with van der Waals surface area (Å²) in [5.41, 5.74) is 2.40. The van der Waals surface area contributed by atoms with Gasteiger partial charge in [-0.2, -0.15) is 4.31 Å². The van der Waals surface area contributed by atoms with E-state index >= 15 is 0 Å². The molecule has 0 saturated carbocycles. The van der Waals surface area contributed by atoms with Crippen LogP contribution in [0.3, 0.4) is 0 Å². The highest BCUT2D eigenvalue weighted by Crippen LogP contribution is 2.26. The zero-order chi connectivity index (χ0) is 21.3. The van der Waals surface area contributed by atoms with Gasteiger partial charge in [0.25, 0.3) is 0 Å². The van der Waals surface area contributed by atoms with Crippen molar-refractivity contribution in [1.82, 2.24) is 14.3 Å². The number of piperidine rings is 1. The lowest BCUT2D eigenvalue weighted by atomic mass is 9.94. The number of carbonyl (C=O) groups excluding carboxylic acids is 1. The maximum Gasteiger partial charge on any atom is 0.243 e. The number of halogens is 1. The number of hydrogen-bond acceptors (Lipinski definition) is 4. The van der Waals surface area contributed by atoms with Crippen molar-refractivity contribution >= 4 is 32.7 Å². The maximum absolute atomic E-state index is 13.4. The average Bonchev–Trinajstić information content (AvgIpc) is 3.07. The van der Waals surface area contributed by atoms with Gasteiger partial charge in [-0.3, -0.25) is 4.79 Å². The molecule has 1 aliphatic heterocycles. The van der Waals surface area contributed by atoms with E-state index in [0.717, 1.165) is 22.9 Å². The van der Waals surface area contributed by atoms with E-state index in [0.29, 0.717) is 38.0 Å². The van der Waals surface area contributed by atoms with E-state index in [2.05, 4.69) is 15.3 Å². The van der Waals surface area contributed by atoms with Crippen LogP contribution in [0.15, 0.2) is 47.4 Å². The van der Waals surface area contributed by atoms with Crippen molar-refractivity contribution in [2.75, 3.05) is 18.4 Å². The molecule has 3 aromatic rings. The molecule has 1 amide bonds. The lowest BCUT2D eigenvalue weighted by Gasteiger charge is -2.31. The molecule has 0 radical (unpaired) electrons. The van der Waals surface area contributed by atoms with Crippen molar-refractivity contribution < 1.29 is 17.6 Å². The normalized spacial score (nSPS) is 16.1. The summed E-state index contributed by atoms with van der Waals surface area (Å²) < 4.78 is 40.1.